The number of sulfonamides is 2. The van der Waals surface area contributed by atoms with Gasteiger partial charge in [-0.15, -0.1) is 0 Å². The highest BCUT2D eigenvalue weighted by atomic mass is 32.2. The zero-order valence-corrected chi connectivity index (χ0v) is 14.6. The minimum Gasteiger partial charge on any atom is -0.215 e. The second kappa shape index (κ2) is 8.61. The largest absolute Gasteiger partial charge is 0.240 e. The summed E-state index contributed by atoms with van der Waals surface area (Å²) in [6, 6.07) is 6.45. The summed E-state index contributed by atoms with van der Waals surface area (Å²) >= 11 is 0. The molecule has 126 valence electrons. The average molecular weight is 348 g/mol. The second-order valence-electron chi connectivity index (χ2n) is 4.96. The maximum Gasteiger partial charge on any atom is 0.240 e. The van der Waals surface area contributed by atoms with Crippen LogP contribution >= 0.6 is 0 Å². The van der Waals surface area contributed by atoms with E-state index in [1.165, 1.54) is 12.1 Å². The van der Waals surface area contributed by atoms with Gasteiger partial charge >= 0.3 is 0 Å². The van der Waals surface area contributed by atoms with E-state index in [1.807, 2.05) is 6.92 Å². The van der Waals surface area contributed by atoms with E-state index >= 15 is 0 Å². The zero-order chi connectivity index (χ0) is 16.6. The molecule has 2 N–H and O–H groups in total. The molecule has 22 heavy (non-hydrogen) atoms. The van der Waals surface area contributed by atoms with Gasteiger partial charge in [-0.1, -0.05) is 32.4 Å². The van der Waals surface area contributed by atoms with Crippen LogP contribution in [0.3, 0.4) is 0 Å². The van der Waals surface area contributed by atoms with Crippen molar-refractivity contribution >= 4 is 20.0 Å². The van der Waals surface area contributed by atoms with Crippen LogP contribution in [0.4, 0.5) is 0 Å². The van der Waals surface area contributed by atoms with E-state index in [9.17, 15) is 16.8 Å². The molecule has 1 rings (SSSR count). The van der Waals surface area contributed by atoms with Crippen molar-refractivity contribution in [3.63, 3.8) is 0 Å². The van der Waals surface area contributed by atoms with Gasteiger partial charge in [-0.25, -0.2) is 26.3 Å². The number of hydrogen-bond acceptors (Lipinski definition) is 4. The standard InChI is InChI=1S/C14H24N2O4S2/c1-3-5-12-21(17,18)16-11-10-13-6-8-14(9-7-13)22(19,20)15-4-2/h6-9,15-16H,3-5,10-12H2,1-2H3. The van der Waals surface area contributed by atoms with Crippen LogP contribution in [0.25, 0.3) is 0 Å². The Bertz CT molecular complexity index is 653. The van der Waals surface area contributed by atoms with Crippen LogP contribution in [0, 0.1) is 0 Å². The average Bonchev–Trinajstić information content (AvgIpc) is 2.45. The highest BCUT2D eigenvalue weighted by molar-refractivity contribution is 7.89. The Labute approximate surface area is 133 Å². The lowest BCUT2D eigenvalue weighted by Gasteiger charge is -2.08. The van der Waals surface area contributed by atoms with Crippen molar-refractivity contribution in [2.45, 2.75) is 38.0 Å². The normalized spacial score (nSPS) is 12.5. The first-order valence-electron chi connectivity index (χ1n) is 7.36. The molecule has 0 aromatic heterocycles. The molecule has 0 saturated carbocycles. The molecule has 1 aromatic rings. The molecule has 0 aliphatic heterocycles. The fourth-order valence-electron chi connectivity index (χ4n) is 1.87. The molecule has 0 radical (unpaired) electrons. The first-order valence-corrected chi connectivity index (χ1v) is 10.5. The lowest BCUT2D eigenvalue weighted by Crippen LogP contribution is -2.28. The number of hydrogen-bond donors (Lipinski definition) is 2. The van der Waals surface area contributed by atoms with Crippen molar-refractivity contribution in [1.29, 1.82) is 0 Å². The van der Waals surface area contributed by atoms with Crippen LogP contribution in [0.15, 0.2) is 29.2 Å². The maximum atomic E-state index is 11.8. The lowest BCUT2D eigenvalue weighted by molar-refractivity contribution is 0.578. The van der Waals surface area contributed by atoms with Crippen LogP contribution in [0.5, 0.6) is 0 Å². The topological polar surface area (TPSA) is 92.3 Å². The van der Waals surface area contributed by atoms with Gasteiger partial charge in [0.15, 0.2) is 0 Å². The Morgan fingerprint density at radius 1 is 0.955 bits per heavy atom. The highest BCUT2D eigenvalue weighted by Crippen LogP contribution is 2.10. The molecule has 0 heterocycles. The summed E-state index contributed by atoms with van der Waals surface area (Å²) in [7, 11) is -6.65. The van der Waals surface area contributed by atoms with E-state index in [-0.39, 0.29) is 10.6 Å². The van der Waals surface area contributed by atoms with E-state index < -0.39 is 20.0 Å². The van der Waals surface area contributed by atoms with Crippen LogP contribution in [0.1, 0.15) is 32.3 Å². The third kappa shape index (κ3) is 6.43. The molecule has 0 saturated heterocycles. The third-order valence-corrected chi connectivity index (χ3v) is 6.10. The quantitative estimate of drug-likeness (QED) is 0.665. The predicted molar refractivity (Wildman–Crippen MR) is 87.7 cm³/mol. The molecule has 8 heteroatoms. The molecule has 0 bridgehead atoms. The second-order valence-corrected chi connectivity index (χ2v) is 8.66. The van der Waals surface area contributed by atoms with E-state index in [4.69, 9.17) is 0 Å². The SMILES string of the molecule is CCCCS(=O)(=O)NCCc1ccc(S(=O)(=O)NCC)cc1. The van der Waals surface area contributed by atoms with Crippen LogP contribution < -0.4 is 9.44 Å². The highest BCUT2D eigenvalue weighted by Gasteiger charge is 2.12. The van der Waals surface area contributed by atoms with Crippen molar-refractivity contribution < 1.29 is 16.8 Å². The van der Waals surface area contributed by atoms with Gasteiger partial charge in [0.2, 0.25) is 20.0 Å². The van der Waals surface area contributed by atoms with E-state index in [1.54, 1.807) is 19.1 Å². The Morgan fingerprint density at radius 2 is 1.59 bits per heavy atom. The molecular weight excluding hydrogens is 324 g/mol. The van der Waals surface area contributed by atoms with Crippen molar-refractivity contribution in [2.24, 2.45) is 0 Å². The number of nitrogens with one attached hydrogen (secondary N) is 2. The summed E-state index contributed by atoms with van der Waals surface area (Å²) in [6.07, 6.45) is 2.00. The Morgan fingerprint density at radius 3 is 2.14 bits per heavy atom. The smallest absolute Gasteiger partial charge is 0.215 e. The molecule has 0 fully saturated rings. The minimum absolute atomic E-state index is 0.142. The lowest BCUT2D eigenvalue weighted by atomic mass is 10.2. The zero-order valence-electron chi connectivity index (χ0n) is 13.0. The fraction of sp³-hybridized carbons (Fsp3) is 0.571. The summed E-state index contributed by atoms with van der Waals surface area (Å²) in [6.45, 7) is 4.31. The fourth-order valence-corrected chi connectivity index (χ4v) is 4.13. The Balaban J connectivity index is 2.55. The molecule has 6 nitrogen and oxygen atoms in total. The van der Waals surface area contributed by atoms with Gasteiger partial charge in [-0.2, -0.15) is 0 Å². The van der Waals surface area contributed by atoms with Gasteiger partial charge in [0.05, 0.1) is 10.6 Å². The van der Waals surface area contributed by atoms with Gasteiger partial charge in [-0.05, 0) is 30.5 Å². The molecular formula is C14H24N2O4S2. The molecule has 0 atom stereocenters. The Hall–Kier alpha value is -0.960. The number of benzene rings is 1. The summed E-state index contributed by atoms with van der Waals surface area (Å²) in [4.78, 5) is 0.210. The van der Waals surface area contributed by atoms with Crippen molar-refractivity contribution in [1.82, 2.24) is 9.44 Å². The van der Waals surface area contributed by atoms with Gasteiger partial charge in [0, 0.05) is 13.1 Å². The molecule has 0 spiro atoms. The monoisotopic (exact) mass is 348 g/mol. The molecule has 0 aliphatic rings. The van der Waals surface area contributed by atoms with Gasteiger partial charge in [0.1, 0.15) is 0 Å². The summed E-state index contributed by atoms with van der Waals surface area (Å²) < 4.78 is 51.8. The van der Waals surface area contributed by atoms with Crippen molar-refractivity contribution in [3.8, 4) is 0 Å². The maximum absolute atomic E-state index is 11.8. The third-order valence-electron chi connectivity index (χ3n) is 3.07. The van der Waals surface area contributed by atoms with E-state index in [2.05, 4.69) is 9.44 Å². The molecule has 1 aromatic carbocycles. The van der Waals surface area contributed by atoms with E-state index in [0.29, 0.717) is 25.9 Å². The van der Waals surface area contributed by atoms with E-state index in [0.717, 1.165) is 12.0 Å². The van der Waals surface area contributed by atoms with Crippen molar-refractivity contribution in [2.75, 3.05) is 18.8 Å². The minimum atomic E-state index is -3.44. The van der Waals surface area contributed by atoms with Gasteiger partial charge < -0.3 is 0 Å². The molecule has 0 amide bonds. The summed E-state index contributed by atoms with van der Waals surface area (Å²) in [5, 5.41) is 0. The first-order chi connectivity index (χ1) is 10.3. The van der Waals surface area contributed by atoms with Gasteiger partial charge in [0.25, 0.3) is 0 Å². The molecule has 0 unspecified atom stereocenters. The van der Waals surface area contributed by atoms with Crippen molar-refractivity contribution in [3.05, 3.63) is 29.8 Å². The molecule has 0 aliphatic carbocycles. The summed E-state index contributed by atoms with van der Waals surface area (Å²) in [5.74, 6) is 0.142. The number of rotatable bonds is 10. The van der Waals surface area contributed by atoms with Crippen LogP contribution in [0.2, 0.25) is 0 Å². The Kier molecular flexibility index (Phi) is 7.47. The number of unbranched alkanes of at least 4 members (excludes halogenated alkanes) is 1. The summed E-state index contributed by atoms with van der Waals surface area (Å²) in [5.41, 5.74) is 0.883. The predicted octanol–water partition coefficient (Wildman–Crippen LogP) is 1.25. The van der Waals surface area contributed by atoms with Crippen LogP contribution in [-0.2, 0) is 26.5 Å². The first kappa shape index (κ1) is 19.1. The van der Waals surface area contributed by atoms with Gasteiger partial charge in [-0.3, -0.25) is 0 Å². The van der Waals surface area contributed by atoms with Crippen LogP contribution in [-0.4, -0.2) is 35.7 Å².